The first-order valence-corrected chi connectivity index (χ1v) is 7.96. The molecule has 0 saturated heterocycles. The van der Waals surface area contributed by atoms with E-state index in [2.05, 4.69) is 6.92 Å². The number of hydrogen-bond acceptors (Lipinski definition) is 2. The number of ketones is 1. The smallest absolute Gasteiger partial charge is 0.169 e. The Morgan fingerprint density at radius 3 is 2.71 bits per heavy atom. The minimum atomic E-state index is -0.711. The Morgan fingerprint density at radius 1 is 1.43 bits per heavy atom. The first-order chi connectivity index (χ1) is 9.98. The van der Waals surface area contributed by atoms with Crippen LogP contribution in [0, 0.1) is 11.7 Å². The van der Waals surface area contributed by atoms with Gasteiger partial charge in [0, 0.05) is 13.0 Å². The molecule has 0 aliphatic heterocycles. The zero-order chi connectivity index (χ0) is 15.5. The van der Waals surface area contributed by atoms with Gasteiger partial charge >= 0.3 is 0 Å². The predicted octanol–water partition coefficient (Wildman–Crippen LogP) is 4.58. The van der Waals surface area contributed by atoms with Crippen molar-refractivity contribution in [1.82, 2.24) is 0 Å². The van der Waals surface area contributed by atoms with Crippen LogP contribution < -0.4 is 0 Å². The van der Waals surface area contributed by atoms with E-state index in [1.165, 1.54) is 6.07 Å². The van der Waals surface area contributed by atoms with E-state index in [-0.39, 0.29) is 17.2 Å². The summed E-state index contributed by atoms with van der Waals surface area (Å²) in [5.41, 5.74) is -0.170. The predicted molar refractivity (Wildman–Crippen MR) is 82.1 cm³/mol. The highest BCUT2D eigenvalue weighted by Crippen LogP contribution is 2.36. The number of carbonyl (C=O) groups is 1. The molecule has 0 atom stereocenters. The van der Waals surface area contributed by atoms with Crippen molar-refractivity contribution in [2.75, 3.05) is 6.61 Å². The second kappa shape index (κ2) is 6.89. The molecule has 1 aliphatic rings. The number of Topliss-reactive ketones (excluding diaryl/α,β-unsaturated/α-hetero) is 1. The van der Waals surface area contributed by atoms with Gasteiger partial charge in [-0.15, -0.1) is 0 Å². The van der Waals surface area contributed by atoms with Crippen LogP contribution in [-0.4, -0.2) is 18.0 Å². The van der Waals surface area contributed by atoms with Gasteiger partial charge < -0.3 is 4.74 Å². The molecule has 4 heteroatoms. The molecule has 1 saturated carbocycles. The van der Waals surface area contributed by atoms with Gasteiger partial charge in [-0.3, -0.25) is 4.79 Å². The third-order valence-electron chi connectivity index (χ3n) is 4.39. The molecule has 0 bridgehead atoms. The molecule has 1 aliphatic carbocycles. The van der Waals surface area contributed by atoms with Crippen LogP contribution in [0.15, 0.2) is 18.2 Å². The molecule has 2 rings (SSSR count). The van der Waals surface area contributed by atoms with Crippen molar-refractivity contribution in [1.29, 1.82) is 0 Å². The Morgan fingerprint density at radius 2 is 2.10 bits per heavy atom. The summed E-state index contributed by atoms with van der Waals surface area (Å²) in [6.07, 6.45) is 3.60. The lowest BCUT2D eigenvalue weighted by Gasteiger charge is -2.38. The van der Waals surface area contributed by atoms with Gasteiger partial charge in [-0.05, 0) is 50.2 Å². The van der Waals surface area contributed by atoms with E-state index in [4.69, 9.17) is 16.3 Å². The molecule has 0 spiro atoms. The lowest BCUT2D eigenvalue weighted by Crippen LogP contribution is -2.45. The molecule has 2 nitrogen and oxygen atoms in total. The Labute approximate surface area is 130 Å². The zero-order valence-electron chi connectivity index (χ0n) is 12.6. The normalized spacial score (nSPS) is 25.8. The van der Waals surface area contributed by atoms with Crippen molar-refractivity contribution in [3.63, 3.8) is 0 Å². The van der Waals surface area contributed by atoms with E-state index in [0.717, 1.165) is 25.7 Å². The number of halogens is 2. The van der Waals surface area contributed by atoms with Crippen LogP contribution in [0.25, 0.3) is 0 Å². The van der Waals surface area contributed by atoms with Gasteiger partial charge in [0.05, 0.1) is 5.02 Å². The number of ether oxygens (including phenoxy) is 1. The molecule has 1 aromatic carbocycles. The van der Waals surface area contributed by atoms with Crippen molar-refractivity contribution in [3.8, 4) is 0 Å². The van der Waals surface area contributed by atoms with Crippen molar-refractivity contribution in [3.05, 3.63) is 34.6 Å². The summed E-state index contributed by atoms with van der Waals surface area (Å²) in [5.74, 6) is 0.164. The fourth-order valence-electron chi connectivity index (χ4n) is 3.03. The maximum atomic E-state index is 13.5. The highest BCUT2D eigenvalue weighted by Gasteiger charge is 2.41. The summed E-state index contributed by atoms with van der Waals surface area (Å²) in [5, 5.41) is 0.0432. The van der Waals surface area contributed by atoms with Crippen LogP contribution in [-0.2, 0) is 16.0 Å². The number of benzene rings is 1. The molecular weight excluding hydrogens is 291 g/mol. The van der Waals surface area contributed by atoms with Gasteiger partial charge in [0.1, 0.15) is 11.4 Å². The summed E-state index contributed by atoms with van der Waals surface area (Å²) in [6.45, 7) is 4.61. The van der Waals surface area contributed by atoms with E-state index >= 15 is 0 Å². The molecule has 0 N–H and O–H groups in total. The number of rotatable bonds is 5. The Hall–Kier alpha value is -0.930. The summed E-state index contributed by atoms with van der Waals surface area (Å²) < 4.78 is 19.3. The summed E-state index contributed by atoms with van der Waals surface area (Å²) in [6, 6.07) is 4.59. The third kappa shape index (κ3) is 3.64. The van der Waals surface area contributed by atoms with Crippen LogP contribution in [0.3, 0.4) is 0 Å². The topological polar surface area (TPSA) is 26.3 Å². The van der Waals surface area contributed by atoms with Crippen LogP contribution >= 0.6 is 11.6 Å². The van der Waals surface area contributed by atoms with Gasteiger partial charge in [0.25, 0.3) is 0 Å². The molecule has 21 heavy (non-hydrogen) atoms. The Bertz CT molecular complexity index is 508. The summed E-state index contributed by atoms with van der Waals surface area (Å²) >= 11 is 5.95. The van der Waals surface area contributed by atoms with E-state index < -0.39 is 11.4 Å². The minimum Gasteiger partial charge on any atom is -0.367 e. The second-order valence-electron chi connectivity index (χ2n) is 5.92. The monoisotopic (exact) mass is 312 g/mol. The molecule has 116 valence electrons. The van der Waals surface area contributed by atoms with Gasteiger partial charge in [-0.25, -0.2) is 4.39 Å². The van der Waals surface area contributed by atoms with Crippen LogP contribution in [0.5, 0.6) is 0 Å². The quantitative estimate of drug-likeness (QED) is 0.795. The lowest BCUT2D eigenvalue weighted by molar-refractivity contribution is -0.149. The fourth-order valence-corrected chi connectivity index (χ4v) is 3.22. The highest BCUT2D eigenvalue weighted by atomic mass is 35.5. The molecular formula is C17H22ClFO2. The molecule has 0 aromatic heterocycles. The van der Waals surface area contributed by atoms with Crippen molar-refractivity contribution >= 4 is 17.4 Å². The van der Waals surface area contributed by atoms with E-state index in [9.17, 15) is 9.18 Å². The van der Waals surface area contributed by atoms with Crippen molar-refractivity contribution in [2.45, 2.75) is 51.6 Å². The molecule has 0 radical (unpaired) electrons. The fraction of sp³-hybridized carbons (Fsp3) is 0.588. The number of carbonyl (C=O) groups excluding carboxylic acids is 1. The summed E-state index contributed by atoms with van der Waals surface area (Å²) in [4.78, 5) is 12.7. The Balaban J connectivity index is 2.17. The van der Waals surface area contributed by atoms with E-state index in [1.807, 2.05) is 6.92 Å². The average molecular weight is 313 g/mol. The van der Waals surface area contributed by atoms with E-state index in [0.29, 0.717) is 18.1 Å². The molecule has 0 unspecified atom stereocenters. The largest absolute Gasteiger partial charge is 0.367 e. The van der Waals surface area contributed by atoms with Crippen LogP contribution in [0.4, 0.5) is 4.39 Å². The van der Waals surface area contributed by atoms with Crippen molar-refractivity contribution < 1.29 is 13.9 Å². The lowest BCUT2D eigenvalue weighted by atomic mass is 9.76. The van der Waals surface area contributed by atoms with E-state index in [1.54, 1.807) is 12.1 Å². The maximum absolute atomic E-state index is 13.5. The van der Waals surface area contributed by atoms with Gasteiger partial charge in [0.15, 0.2) is 5.78 Å². The first kappa shape index (κ1) is 16.4. The van der Waals surface area contributed by atoms with Gasteiger partial charge in [-0.2, -0.15) is 0 Å². The first-order valence-electron chi connectivity index (χ1n) is 7.58. The zero-order valence-corrected chi connectivity index (χ0v) is 13.4. The van der Waals surface area contributed by atoms with Gasteiger partial charge in [0.2, 0.25) is 0 Å². The molecule has 0 heterocycles. The van der Waals surface area contributed by atoms with Crippen LogP contribution in [0.1, 0.15) is 45.1 Å². The third-order valence-corrected chi connectivity index (χ3v) is 4.82. The van der Waals surface area contributed by atoms with Gasteiger partial charge in [-0.1, -0.05) is 30.7 Å². The standard InChI is InChI=1S/C17H22ClFO2/c1-3-21-17(9-7-12(2)8-10-17)15(20)11-13-5-4-6-14(19)16(13)18/h4-6,12H,3,7-11H2,1-2H3. The number of hydrogen-bond donors (Lipinski definition) is 0. The second-order valence-corrected chi connectivity index (χ2v) is 6.30. The van der Waals surface area contributed by atoms with Crippen LogP contribution in [0.2, 0.25) is 5.02 Å². The molecule has 0 amide bonds. The summed E-state index contributed by atoms with van der Waals surface area (Å²) in [7, 11) is 0. The molecule has 1 aromatic rings. The SMILES string of the molecule is CCOC1(C(=O)Cc2cccc(F)c2Cl)CCC(C)CC1. The Kier molecular flexibility index (Phi) is 5.39. The minimum absolute atomic E-state index is 0.0174. The molecule has 1 fully saturated rings. The average Bonchev–Trinajstić information content (AvgIpc) is 2.46. The van der Waals surface area contributed by atoms with Crippen molar-refractivity contribution in [2.24, 2.45) is 5.92 Å². The maximum Gasteiger partial charge on any atom is 0.169 e. The highest BCUT2D eigenvalue weighted by molar-refractivity contribution is 6.31.